The van der Waals surface area contributed by atoms with Crippen LogP contribution in [0.5, 0.6) is 0 Å². The van der Waals surface area contributed by atoms with Gasteiger partial charge in [-0.05, 0) is 25.9 Å². The number of nitrogens with zero attached hydrogens (tertiary/aromatic N) is 3. The Hall–Kier alpha value is -2.14. The highest BCUT2D eigenvalue weighted by molar-refractivity contribution is 5.91. The third-order valence-electron chi connectivity index (χ3n) is 4.02. The molecule has 2 heterocycles. The Balaban J connectivity index is 1.84. The highest BCUT2D eigenvalue weighted by Gasteiger charge is 2.17. The van der Waals surface area contributed by atoms with Crippen molar-refractivity contribution in [2.45, 2.75) is 19.4 Å². The van der Waals surface area contributed by atoms with Crippen LogP contribution >= 0.6 is 0 Å². The summed E-state index contributed by atoms with van der Waals surface area (Å²) in [5.74, 6) is 0.461. The minimum Gasteiger partial charge on any atom is -0.383 e. The molecule has 1 aromatic heterocycles. The van der Waals surface area contributed by atoms with Crippen LogP contribution in [0.4, 0.5) is 5.82 Å². The minimum absolute atomic E-state index is 0.461. The van der Waals surface area contributed by atoms with E-state index in [-0.39, 0.29) is 0 Å². The summed E-state index contributed by atoms with van der Waals surface area (Å²) in [6, 6.07) is 9.70. The van der Waals surface area contributed by atoms with Crippen LogP contribution in [-0.2, 0) is 6.54 Å². The number of rotatable bonds is 5. The number of nitrogens with two attached hydrogens (primary N) is 1. The molecule has 0 unspecified atom stereocenters. The van der Waals surface area contributed by atoms with Crippen LogP contribution in [0.3, 0.4) is 0 Å². The van der Waals surface area contributed by atoms with Gasteiger partial charge in [-0.2, -0.15) is 5.10 Å². The van der Waals surface area contributed by atoms with Gasteiger partial charge in [-0.3, -0.25) is 4.79 Å². The zero-order valence-electron chi connectivity index (χ0n) is 12.0. The lowest BCUT2D eigenvalue weighted by atomic mass is 10.1. The first-order chi connectivity index (χ1) is 10.3. The number of hydrogen-bond acceptors (Lipinski definition) is 4. The lowest BCUT2D eigenvalue weighted by Crippen LogP contribution is -2.25. The molecule has 110 valence electrons. The summed E-state index contributed by atoms with van der Waals surface area (Å²) in [4.78, 5) is 13.8. The normalized spacial score (nSPS) is 15.4. The minimum atomic E-state index is 0.461. The summed E-state index contributed by atoms with van der Waals surface area (Å²) in [5, 5.41) is 4.55. The lowest BCUT2D eigenvalue weighted by molar-refractivity contribution is 0.112. The summed E-state index contributed by atoms with van der Waals surface area (Å²) in [6.07, 6.45) is 3.34. The van der Waals surface area contributed by atoms with Gasteiger partial charge in [0.15, 0.2) is 6.29 Å². The van der Waals surface area contributed by atoms with Crippen molar-refractivity contribution in [2.24, 2.45) is 0 Å². The molecule has 0 radical (unpaired) electrons. The maximum atomic E-state index is 11.4. The maximum Gasteiger partial charge on any atom is 0.156 e. The van der Waals surface area contributed by atoms with Gasteiger partial charge in [0.25, 0.3) is 0 Å². The quantitative estimate of drug-likeness (QED) is 0.853. The fourth-order valence-corrected chi connectivity index (χ4v) is 2.83. The van der Waals surface area contributed by atoms with Crippen LogP contribution in [0.25, 0.3) is 11.3 Å². The number of anilines is 1. The molecule has 2 aromatic rings. The third kappa shape index (κ3) is 2.83. The summed E-state index contributed by atoms with van der Waals surface area (Å²) >= 11 is 0. The van der Waals surface area contributed by atoms with Crippen LogP contribution in [-0.4, -0.2) is 40.6 Å². The van der Waals surface area contributed by atoms with E-state index in [4.69, 9.17) is 5.73 Å². The van der Waals surface area contributed by atoms with Crippen molar-refractivity contribution in [1.82, 2.24) is 14.7 Å². The number of carbonyl (C=O) groups is 1. The molecule has 1 fully saturated rings. The van der Waals surface area contributed by atoms with Crippen LogP contribution in [0, 0.1) is 0 Å². The van der Waals surface area contributed by atoms with Gasteiger partial charge in [-0.15, -0.1) is 0 Å². The Bertz CT molecular complexity index is 615. The van der Waals surface area contributed by atoms with E-state index in [1.54, 1.807) is 4.68 Å². The molecule has 2 N–H and O–H groups in total. The van der Waals surface area contributed by atoms with Gasteiger partial charge in [-0.25, -0.2) is 4.68 Å². The predicted octanol–water partition coefficient (Wildman–Crippen LogP) is 2.04. The largest absolute Gasteiger partial charge is 0.383 e. The highest BCUT2D eigenvalue weighted by atomic mass is 16.1. The molecule has 0 aliphatic carbocycles. The first-order valence-electron chi connectivity index (χ1n) is 7.39. The summed E-state index contributed by atoms with van der Waals surface area (Å²) in [5.41, 5.74) is 8.17. The average molecular weight is 284 g/mol. The second kappa shape index (κ2) is 6.10. The zero-order chi connectivity index (χ0) is 14.7. The van der Waals surface area contributed by atoms with E-state index < -0.39 is 0 Å². The topological polar surface area (TPSA) is 64.2 Å². The van der Waals surface area contributed by atoms with Gasteiger partial charge >= 0.3 is 0 Å². The van der Waals surface area contributed by atoms with E-state index in [0.29, 0.717) is 17.1 Å². The van der Waals surface area contributed by atoms with Gasteiger partial charge in [0.2, 0.25) is 0 Å². The summed E-state index contributed by atoms with van der Waals surface area (Å²) in [6.45, 7) is 3.94. The first kappa shape index (κ1) is 13.8. The Labute approximate surface area is 124 Å². The molecule has 1 aliphatic rings. The van der Waals surface area contributed by atoms with Crippen molar-refractivity contribution < 1.29 is 4.79 Å². The van der Waals surface area contributed by atoms with E-state index in [1.807, 2.05) is 30.3 Å². The molecule has 1 aromatic carbocycles. The van der Waals surface area contributed by atoms with Crippen molar-refractivity contribution in [1.29, 1.82) is 0 Å². The second-order valence-corrected chi connectivity index (χ2v) is 5.40. The third-order valence-corrected chi connectivity index (χ3v) is 4.02. The van der Waals surface area contributed by atoms with Crippen LogP contribution in [0.2, 0.25) is 0 Å². The smallest absolute Gasteiger partial charge is 0.156 e. The summed E-state index contributed by atoms with van der Waals surface area (Å²) < 4.78 is 1.75. The number of carbonyl (C=O) groups excluding carboxylic acids is 1. The number of likely N-dealkylation sites (tertiary alicyclic amines) is 1. The lowest BCUT2D eigenvalue weighted by Gasteiger charge is -2.14. The van der Waals surface area contributed by atoms with Crippen molar-refractivity contribution >= 4 is 12.1 Å². The number of hydrogen-bond donors (Lipinski definition) is 1. The Morgan fingerprint density at radius 2 is 1.86 bits per heavy atom. The van der Waals surface area contributed by atoms with E-state index in [2.05, 4.69) is 10.00 Å². The zero-order valence-corrected chi connectivity index (χ0v) is 12.0. The molecular formula is C16H20N4O. The highest BCUT2D eigenvalue weighted by Crippen LogP contribution is 2.25. The van der Waals surface area contributed by atoms with Gasteiger partial charge in [0.05, 0.1) is 12.1 Å². The first-order valence-corrected chi connectivity index (χ1v) is 7.39. The number of nitrogen functional groups attached to an aromatic ring is 1. The molecule has 0 amide bonds. The molecule has 1 aliphatic heterocycles. The average Bonchev–Trinajstić information content (AvgIpc) is 3.14. The molecule has 5 heteroatoms. The van der Waals surface area contributed by atoms with E-state index >= 15 is 0 Å². The Morgan fingerprint density at radius 1 is 1.14 bits per heavy atom. The maximum absolute atomic E-state index is 11.4. The molecule has 0 spiro atoms. The van der Waals surface area contributed by atoms with E-state index in [0.717, 1.165) is 38.0 Å². The van der Waals surface area contributed by atoms with Gasteiger partial charge in [0.1, 0.15) is 11.5 Å². The fourth-order valence-electron chi connectivity index (χ4n) is 2.83. The molecule has 0 bridgehead atoms. The van der Waals surface area contributed by atoms with Crippen molar-refractivity contribution in [3.63, 3.8) is 0 Å². The van der Waals surface area contributed by atoms with E-state index in [9.17, 15) is 4.79 Å². The van der Waals surface area contributed by atoms with Crippen molar-refractivity contribution in [2.75, 3.05) is 25.4 Å². The second-order valence-electron chi connectivity index (χ2n) is 5.40. The number of aldehydes is 1. The Morgan fingerprint density at radius 3 is 2.52 bits per heavy atom. The summed E-state index contributed by atoms with van der Waals surface area (Å²) in [7, 11) is 0. The molecule has 21 heavy (non-hydrogen) atoms. The van der Waals surface area contributed by atoms with E-state index in [1.165, 1.54) is 12.8 Å². The Kier molecular flexibility index (Phi) is 4.01. The van der Waals surface area contributed by atoms with Crippen LogP contribution in [0.1, 0.15) is 23.2 Å². The van der Waals surface area contributed by atoms with Crippen LogP contribution in [0.15, 0.2) is 30.3 Å². The number of benzene rings is 1. The number of aromatic nitrogens is 2. The molecular weight excluding hydrogens is 264 g/mol. The standard InChI is InChI=1S/C16H20N4O/c17-16-14(12-21)15(13-6-2-1-3-7-13)18-20(16)11-10-19-8-4-5-9-19/h1-3,6-7,12H,4-5,8-11,17H2. The molecule has 3 rings (SSSR count). The monoisotopic (exact) mass is 284 g/mol. The fraction of sp³-hybridized carbons (Fsp3) is 0.375. The predicted molar refractivity (Wildman–Crippen MR) is 83.1 cm³/mol. The molecule has 5 nitrogen and oxygen atoms in total. The van der Waals surface area contributed by atoms with Gasteiger partial charge < -0.3 is 10.6 Å². The van der Waals surface area contributed by atoms with Crippen molar-refractivity contribution in [3.8, 4) is 11.3 Å². The molecule has 1 saturated heterocycles. The van der Waals surface area contributed by atoms with Crippen molar-refractivity contribution in [3.05, 3.63) is 35.9 Å². The van der Waals surface area contributed by atoms with Gasteiger partial charge in [0, 0.05) is 12.1 Å². The van der Waals surface area contributed by atoms with Gasteiger partial charge in [-0.1, -0.05) is 30.3 Å². The molecule has 0 atom stereocenters. The van der Waals surface area contributed by atoms with Crippen LogP contribution < -0.4 is 5.73 Å². The molecule has 0 saturated carbocycles. The SMILES string of the molecule is Nc1c(C=O)c(-c2ccccc2)nn1CCN1CCCC1.